The minimum absolute atomic E-state index is 0.360. The van der Waals surface area contributed by atoms with Gasteiger partial charge in [0.2, 0.25) is 0 Å². The molecule has 3 atom stereocenters. The summed E-state index contributed by atoms with van der Waals surface area (Å²) in [5.41, 5.74) is 6.04. The first kappa shape index (κ1) is 14.0. The van der Waals surface area contributed by atoms with Gasteiger partial charge in [-0.05, 0) is 55.7 Å². The Morgan fingerprint density at radius 1 is 0.955 bits per heavy atom. The molecule has 0 saturated heterocycles. The number of nitrogens with zero attached hydrogens (tertiary/aromatic N) is 1. The Morgan fingerprint density at radius 2 is 1.64 bits per heavy atom. The maximum Gasteiger partial charge on any atom is 0.0584 e. The van der Waals surface area contributed by atoms with Gasteiger partial charge < -0.3 is 10.2 Å². The Labute approximate surface area is 133 Å². The summed E-state index contributed by atoms with van der Waals surface area (Å²) >= 11 is 0. The summed E-state index contributed by atoms with van der Waals surface area (Å²) in [6.07, 6.45) is 2.37. The molecule has 1 aliphatic carbocycles. The fraction of sp³-hybridized carbons (Fsp3) is 0.400. The molecule has 2 aliphatic heterocycles. The van der Waals surface area contributed by atoms with Crippen LogP contribution in [0.1, 0.15) is 40.6 Å². The monoisotopic (exact) mass is 292 g/mol. The van der Waals surface area contributed by atoms with Crippen LogP contribution in [0.4, 0.5) is 0 Å². The number of nitrogens with one attached hydrogen (secondary N) is 1. The van der Waals surface area contributed by atoms with Gasteiger partial charge in [-0.1, -0.05) is 48.5 Å². The lowest BCUT2D eigenvalue weighted by Crippen LogP contribution is -2.43. The third kappa shape index (κ3) is 2.27. The maximum atomic E-state index is 3.96. The van der Waals surface area contributed by atoms with Crippen molar-refractivity contribution >= 4 is 0 Å². The highest BCUT2D eigenvalue weighted by Crippen LogP contribution is 2.44. The molecule has 2 heteroatoms. The summed E-state index contributed by atoms with van der Waals surface area (Å²) in [7, 11) is 4.33. The van der Waals surface area contributed by atoms with E-state index in [4.69, 9.17) is 0 Å². The van der Waals surface area contributed by atoms with E-state index in [-0.39, 0.29) is 0 Å². The number of hydrogen-bond donors (Lipinski definition) is 1. The van der Waals surface area contributed by atoms with E-state index in [0.717, 1.165) is 13.0 Å². The molecule has 0 amide bonds. The summed E-state index contributed by atoms with van der Waals surface area (Å²) in [4.78, 5) is 2.29. The van der Waals surface area contributed by atoms with Gasteiger partial charge in [0, 0.05) is 12.0 Å². The molecule has 0 spiro atoms. The molecular weight excluding hydrogens is 268 g/mol. The van der Waals surface area contributed by atoms with Gasteiger partial charge in [0.1, 0.15) is 0 Å². The first-order valence-electron chi connectivity index (χ1n) is 8.31. The van der Waals surface area contributed by atoms with Crippen LogP contribution >= 0.6 is 0 Å². The van der Waals surface area contributed by atoms with Crippen LogP contribution in [0.15, 0.2) is 48.5 Å². The van der Waals surface area contributed by atoms with Gasteiger partial charge in [0.05, 0.1) is 6.04 Å². The minimum atomic E-state index is 0.360. The molecule has 5 rings (SSSR count). The molecule has 2 bridgehead atoms. The molecule has 3 unspecified atom stereocenters. The summed E-state index contributed by atoms with van der Waals surface area (Å²) in [5, 5.41) is 3.96. The van der Waals surface area contributed by atoms with Crippen molar-refractivity contribution in [3.05, 3.63) is 70.8 Å². The van der Waals surface area contributed by atoms with Crippen LogP contribution in [0.2, 0.25) is 0 Å². The summed E-state index contributed by atoms with van der Waals surface area (Å²) in [6.45, 7) is 1.14. The van der Waals surface area contributed by atoms with E-state index in [1.165, 1.54) is 23.1 Å². The summed E-state index contributed by atoms with van der Waals surface area (Å²) < 4.78 is 0. The van der Waals surface area contributed by atoms with Crippen LogP contribution in [0, 0.1) is 0 Å². The zero-order valence-electron chi connectivity index (χ0n) is 13.4. The van der Waals surface area contributed by atoms with Gasteiger partial charge in [-0.15, -0.1) is 0 Å². The number of benzene rings is 2. The van der Waals surface area contributed by atoms with Crippen LogP contribution < -0.4 is 5.32 Å². The van der Waals surface area contributed by atoms with Gasteiger partial charge in [-0.25, -0.2) is 0 Å². The first-order chi connectivity index (χ1) is 10.7. The Bertz CT molecular complexity index is 677. The van der Waals surface area contributed by atoms with E-state index in [1.807, 2.05) is 0 Å². The van der Waals surface area contributed by atoms with Crippen molar-refractivity contribution in [2.24, 2.45) is 0 Å². The largest absolute Gasteiger partial charge is 0.309 e. The highest BCUT2D eigenvalue weighted by atomic mass is 15.1. The molecule has 2 aromatic carbocycles. The van der Waals surface area contributed by atoms with Crippen molar-refractivity contribution in [2.45, 2.75) is 30.8 Å². The van der Waals surface area contributed by atoms with Crippen LogP contribution in [0.3, 0.4) is 0 Å². The molecule has 1 N–H and O–H groups in total. The van der Waals surface area contributed by atoms with E-state index >= 15 is 0 Å². The van der Waals surface area contributed by atoms with Gasteiger partial charge in [0.25, 0.3) is 0 Å². The highest BCUT2D eigenvalue weighted by Gasteiger charge is 2.38. The van der Waals surface area contributed by atoms with Crippen LogP contribution in [-0.2, 0) is 6.42 Å². The second-order valence-electron chi connectivity index (χ2n) is 6.94. The Morgan fingerprint density at radius 3 is 2.41 bits per heavy atom. The molecule has 2 aromatic rings. The normalized spacial score (nSPS) is 25.7. The Balaban J connectivity index is 1.78. The summed E-state index contributed by atoms with van der Waals surface area (Å²) in [5.74, 6) is 0.594. The predicted molar refractivity (Wildman–Crippen MR) is 91.3 cm³/mol. The molecule has 0 aromatic heterocycles. The van der Waals surface area contributed by atoms with Crippen LogP contribution in [0.25, 0.3) is 0 Å². The van der Waals surface area contributed by atoms with Crippen molar-refractivity contribution < 1.29 is 0 Å². The molecule has 0 fully saturated rings. The van der Waals surface area contributed by atoms with Gasteiger partial charge in [0.15, 0.2) is 0 Å². The number of hydrogen-bond acceptors (Lipinski definition) is 2. The van der Waals surface area contributed by atoms with Gasteiger partial charge in [-0.3, -0.25) is 0 Å². The van der Waals surface area contributed by atoms with Crippen LogP contribution in [0.5, 0.6) is 0 Å². The van der Waals surface area contributed by atoms with E-state index in [9.17, 15) is 0 Å². The average Bonchev–Trinajstić information content (AvgIpc) is 2.78. The van der Waals surface area contributed by atoms with E-state index in [0.29, 0.717) is 18.0 Å². The van der Waals surface area contributed by atoms with Crippen molar-refractivity contribution in [1.29, 1.82) is 0 Å². The third-order valence-corrected chi connectivity index (χ3v) is 5.27. The Hall–Kier alpha value is -1.64. The highest BCUT2D eigenvalue weighted by molar-refractivity contribution is 5.49. The number of rotatable bonds is 3. The quantitative estimate of drug-likeness (QED) is 0.933. The zero-order valence-corrected chi connectivity index (χ0v) is 13.4. The van der Waals surface area contributed by atoms with E-state index < -0.39 is 0 Å². The van der Waals surface area contributed by atoms with E-state index in [1.54, 1.807) is 5.56 Å². The fourth-order valence-electron chi connectivity index (χ4n) is 4.18. The molecule has 2 heterocycles. The van der Waals surface area contributed by atoms with E-state index in [2.05, 4.69) is 72.8 Å². The SMILES string of the molecule is CN(C)CCC1NC2c3ccccc3CC1c1ccccc12. The standard InChI is InChI=1S/C20H24N2/c1-22(2)12-11-19-18-13-14-7-3-4-8-15(14)20(21-19)17-10-6-5-9-16(17)18/h3-10,18-21H,11-13H2,1-2H3. The molecule has 114 valence electrons. The third-order valence-electron chi connectivity index (χ3n) is 5.27. The molecule has 0 saturated carbocycles. The smallest absolute Gasteiger partial charge is 0.0584 e. The lowest BCUT2D eigenvalue weighted by Gasteiger charge is -2.37. The lowest BCUT2D eigenvalue weighted by atomic mass is 9.80. The van der Waals surface area contributed by atoms with Gasteiger partial charge in [-0.2, -0.15) is 0 Å². The number of fused-ring (bicyclic) bond motifs is 1. The lowest BCUT2D eigenvalue weighted by molar-refractivity contribution is 0.312. The first-order valence-corrected chi connectivity index (χ1v) is 8.31. The fourth-order valence-corrected chi connectivity index (χ4v) is 4.18. The molecule has 0 radical (unpaired) electrons. The zero-order chi connectivity index (χ0) is 15.1. The molecule has 3 aliphatic rings. The summed E-state index contributed by atoms with van der Waals surface area (Å²) in [6, 6.07) is 18.9. The molecule has 2 nitrogen and oxygen atoms in total. The van der Waals surface area contributed by atoms with Crippen molar-refractivity contribution in [2.75, 3.05) is 20.6 Å². The van der Waals surface area contributed by atoms with Crippen molar-refractivity contribution in [3.63, 3.8) is 0 Å². The Kier molecular flexibility index (Phi) is 3.51. The maximum absolute atomic E-state index is 3.96. The average molecular weight is 292 g/mol. The molecular formula is C20H24N2. The van der Waals surface area contributed by atoms with Gasteiger partial charge >= 0.3 is 0 Å². The van der Waals surface area contributed by atoms with Crippen LogP contribution in [-0.4, -0.2) is 31.6 Å². The van der Waals surface area contributed by atoms with Crippen molar-refractivity contribution in [1.82, 2.24) is 10.2 Å². The van der Waals surface area contributed by atoms with Crippen molar-refractivity contribution in [3.8, 4) is 0 Å². The molecule has 22 heavy (non-hydrogen) atoms. The second kappa shape index (κ2) is 5.53. The second-order valence-corrected chi connectivity index (χ2v) is 6.94. The minimum Gasteiger partial charge on any atom is -0.309 e. The predicted octanol–water partition coefficient (Wildman–Crippen LogP) is 3.34. The topological polar surface area (TPSA) is 15.3 Å².